The van der Waals surface area contributed by atoms with Crippen molar-refractivity contribution in [2.45, 2.75) is 13.8 Å². The predicted molar refractivity (Wildman–Crippen MR) is 69.3 cm³/mol. The van der Waals surface area contributed by atoms with Gasteiger partial charge in [-0.15, -0.1) is 0 Å². The maximum atomic E-state index is 6.04. The summed E-state index contributed by atoms with van der Waals surface area (Å²) in [5.41, 5.74) is 2.82. The van der Waals surface area contributed by atoms with Crippen molar-refractivity contribution in [3.05, 3.63) is 34.6 Å². The molecule has 0 unspecified atom stereocenters. The molecule has 0 saturated heterocycles. The number of aryl methyl sites for hydroxylation is 2. The van der Waals surface area contributed by atoms with Gasteiger partial charge in [0.05, 0.1) is 12.8 Å². The Morgan fingerprint density at radius 2 is 2.12 bits per heavy atom. The highest BCUT2D eigenvalue weighted by molar-refractivity contribution is 6.31. The van der Waals surface area contributed by atoms with Gasteiger partial charge in [0.25, 0.3) is 0 Å². The van der Waals surface area contributed by atoms with Gasteiger partial charge in [-0.3, -0.25) is 0 Å². The van der Waals surface area contributed by atoms with Crippen molar-refractivity contribution in [2.75, 3.05) is 12.4 Å². The Balaban J connectivity index is 2.34. The standard InChI is InChI=1S/C12H14ClN3O/c1-7-4-10(11(17-3)5-9(7)13)16-12-14-6-8(2)15-12/h4-6H,1-3H3,(H2,14,15,16). The van der Waals surface area contributed by atoms with E-state index in [1.54, 1.807) is 19.4 Å². The number of nitrogens with one attached hydrogen (secondary N) is 2. The van der Waals surface area contributed by atoms with E-state index in [0.29, 0.717) is 16.7 Å². The van der Waals surface area contributed by atoms with E-state index in [4.69, 9.17) is 16.3 Å². The number of imidazole rings is 1. The van der Waals surface area contributed by atoms with Crippen LogP contribution in [0.4, 0.5) is 11.6 Å². The number of nitrogens with zero attached hydrogens (tertiary/aromatic N) is 1. The lowest BCUT2D eigenvalue weighted by atomic mass is 10.2. The smallest absolute Gasteiger partial charge is 0.204 e. The van der Waals surface area contributed by atoms with Crippen molar-refractivity contribution in [1.29, 1.82) is 0 Å². The number of rotatable bonds is 3. The molecule has 0 spiro atoms. The van der Waals surface area contributed by atoms with E-state index in [-0.39, 0.29) is 0 Å². The summed E-state index contributed by atoms with van der Waals surface area (Å²) in [6.07, 6.45) is 1.76. The minimum Gasteiger partial charge on any atom is -0.495 e. The van der Waals surface area contributed by atoms with Crippen molar-refractivity contribution >= 4 is 23.2 Å². The molecule has 0 saturated carbocycles. The molecule has 0 aliphatic heterocycles. The van der Waals surface area contributed by atoms with Gasteiger partial charge >= 0.3 is 0 Å². The summed E-state index contributed by atoms with van der Waals surface area (Å²) in [5.74, 6) is 1.37. The highest BCUT2D eigenvalue weighted by Crippen LogP contribution is 2.32. The van der Waals surface area contributed by atoms with Gasteiger partial charge in [-0.1, -0.05) is 11.6 Å². The van der Waals surface area contributed by atoms with Gasteiger partial charge in [0.15, 0.2) is 0 Å². The number of H-pyrrole nitrogens is 1. The lowest BCUT2D eigenvalue weighted by molar-refractivity contribution is 0.416. The van der Waals surface area contributed by atoms with Crippen LogP contribution in [0, 0.1) is 13.8 Å². The maximum Gasteiger partial charge on any atom is 0.204 e. The monoisotopic (exact) mass is 251 g/mol. The number of methoxy groups -OCH3 is 1. The lowest BCUT2D eigenvalue weighted by Crippen LogP contribution is -1.97. The van der Waals surface area contributed by atoms with Gasteiger partial charge in [0, 0.05) is 23.0 Å². The van der Waals surface area contributed by atoms with Gasteiger partial charge in [0.2, 0.25) is 5.95 Å². The third kappa shape index (κ3) is 2.53. The van der Waals surface area contributed by atoms with Crippen LogP contribution in [0.3, 0.4) is 0 Å². The molecule has 4 nitrogen and oxygen atoms in total. The zero-order valence-electron chi connectivity index (χ0n) is 9.97. The predicted octanol–water partition coefficient (Wildman–Crippen LogP) is 3.43. The van der Waals surface area contributed by atoms with E-state index >= 15 is 0 Å². The van der Waals surface area contributed by atoms with Gasteiger partial charge in [0.1, 0.15) is 5.75 Å². The Labute approximate surface area is 105 Å². The van der Waals surface area contributed by atoms with Crippen LogP contribution in [0.2, 0.25) is 5.02 Å². The third-order valence-electron chi connectivity index (χ3n) is 2.44. The van der Waals surface area contributed by atoms with Gasteiger partial charge < -0.3 is 15.0 Å². The van der Waals surface area contributed by atoms with Crippen molar-refractivity contribution in [2.24, 2.45) is 0 Å². The zero-order chi connectivity index (χ0) is 12.4. The van der Waals surface area contributed by atoms with Crippen LogP contribution < -0.4 is 10.1 Å². The van der Waals surface area contributed by atoms with Crippen LogP contribution in [-0.4, -0.2) is 17.1 Å². The van der Waals surface area contributed by atoms with E-state index in [1.165, 1.54) is 0 Å². The molecule has 17 heavy (non-hydrogen) atoms. The largest absolute Gasteiger partial charge is 0.495 e. The molecule has 2 rings (SSSR count). The van der Waals surface area contributed by atoms with E-state index < -0.39 is 0 Å². The molecule has 1 aromatic carbocycles. The average Bonchev–Trinajstić information content (AvgIpc) is 2.69. The van der Waals surface area contributed by atoms with Gasteiger partial charge in [-0.25, -0.2) is 4.98 Å². The van der Waals surface area contributed by atoms with Crippen molar-refractivity contribution < 1.29 is 4.74 Å². The van der Waals surface area contributed by atoms with E-state index in [9.17, 15) is 0 Å². The molecule has 0 amide bonds. The summed E-state index contributed by atoms with van der Waals surface area (Å²) >= 11 is 6.04. The fourth-order valence-electron chi connectivity index (χ4n) is 1.53. The van der Waals surface area contributed by atoms with Crippen molar-refractivity contribution in [1.82, 2.24) is 9.97 Å². The Bertz CT molecular complexity index is 537. The number of ether oxygens (including phenoxy) is 1. The fourth-order valence-corrected chi connectivity index (χ4v) is 1.69. The number of hydrogen-bond acceptors (Lipinski definition) is 3. The first-order chi connectivity index (χ1) is 8.10. The van der Waals surface area contributed by atoms with Gasteiger partial charge in [-0.2, -0.15) is 0 Å². The molecule has 1 aromatic heterocycles. The SMILES string of the molecule is COc1cc(Cl)c(C)cc1Nc1ncc(C)[nH]1. The molecule has 0 atom stereocenters. The molecule has 90 valence electrons. The van der Waals surface area contributed by atoms with Crippen LogP contribution in [0.1, 0.15) is 11.3 Å². The van der Waals surface area contributed by atoms with Crippen LogP contribution in [-0.2, 0) is 0 Å². The minimum atomic E-state index is 0.683. The second kappa shape index (κ2) is 4.67. The molecular formula is C12H14ClN3O. The molecule has 2 aromatic rings. The summed E-state index contributed by atoms with van der Waals surface area (Å²) in [6.45, 7) is 3.89. The summed E-state index contributed by atoms with van der Waals surface area (Å²) in [6, 6.07) is 3.72. The second-order valence-electron chi connectivity index (χ2n) is 3.84. The Morgan fingerprint density at radius 3 is 2.71 bits per heavy atom. The first-order valence-electron chi connectivity index (χ1n) is 5.23. The lowest BCUT2D eigenvalue weighted by Gasteiger charge is -2.11. The van der Waals surface area contributed by atoms with Gasteiger partial charge in [-0.05, 0) is 25.5 Å². The van der Waals surface area contributed by atoms with Crippen LogP contribution in [0.5, 0.6) is 5.75 Å². The normalized spacial score (nSPS) is 10.4. The van der Waals surface area contributed by atoms with E-state index in [2.05, 4.69) is 15.3 Å². The number of halogens is 1. The Hall–Kier alpha value is -1.68. The molecule has 1 heterocycles. The second-order valence-corrected chi connectivity index (χ2v) is 4.25. The number of anilines is 2. The number of aromatic nitrogens is 2. The quantitative estimate of drug-likeness (QED) is 0.879. The molecule has 0 aliphatic carbocycles. The highest BCUT2D eigenvalue weighted by Gasteiger charge is 2.08. The summed E-state index contributed by atoms with van der Waals surface area (Å²) < 4.78 is 5.27. The molecule has 0 bridgehead atoms. The van der Waals surface area contributed by atoms with E-state index in [1.807, 2.05) is 19.9 Å². The molecule has 5 heteroatoms. The molecule has 0 aliphatic rings. The molecular weight excluding hydrogens is 238 g/mol. The summed E-state index contributed by atoms with van der Waals surface area (Å²) in [7, 11) is 1.61. The summed E-state index contributed by atoms with van der Waals surface area (Å²) in [5, 5.41) is 3.85. The zero-order valence-corrected chi connectivity index (χ0v) is 10.7. The molecule has 2 N–H and O–H groups in total. The fraction of sp³-hybridized carbons (Fsp3) is 0.250. The minimum absolute atomic E-state index is 0.683. The van der Waals surface area contributed by atoms with Crippen LogP contribution >= 0.6 is 11.6 Å². The highest BCUT2D eigenvalue weighted by atomic mass is 35.5. The first-order valence-corrected chi connectivity index (χ1v) is 5.60. The van der Waals surface area contributed by atoms with Crippen LogP contribution in [0.25, 0.3) is 0 Å². The summed E-state index contributed by atoms with van der Waals surface area (Å²) in [4.78, 5) is 7.28. The first kappa shape index (κ1) is 11.8. The molecule has 0 radical (unpaired) electrons. The molecule has 0 fully saturated rings. The Morgan fingerprint density at radius 1 is 1.35 bits per heavy atom. The topological polar surface area (TPSA) is 49.9 Å². The van der Waals surface area contributed by atoms with Crippen molar-refractivity contribution in [3.8, 4) is 5.75 Å². The van der Waals surface area contributed by atoms with Crippen molar-refractivity contribution in [3.63, 3.8) is 0 Å². The third-order valence-corrected chi connectivity index (χ3v) is 2.84. The number of hydrogen-bond donors (Lipinski definition) is 2. The average molecular weight is 252 g/mol. The Kier molecular flexibility index (Phi) is 3.24. The number of benzene rings is 1. The van der Waals surface area contributed by atoms with E-state index in [0.717, 1.165) is 16.9 Å². The maximum absolute atomic E-state index is 6.04. The van der Waals surface area contributed by atoms with Crippen LogP contribution in [0.15, 0.2) is 18.3 Å². The number of aromatic amines is 1.